The van der Waals surface area contributed by atoms with Crippen LogP contribution in [0, 0.1) is 15.5 Å². The zero-order valence-corrected chi connectivity index (χ0v) is 12.0. The van der Waals surface area contributed by atoms with E-state index >= 15 is 0 Å². The fourth-order valence-corrected chi connectivity index (χ4v) is 2.48. The van der Waals surface area contributed by atoms with Crippen molar-refractivity contribution in [2.75, 3.05) is 13.1 Å². The Morgan fingerprint density at radius 3 is 2.67 bits per heavy atom. The van der Waals surface area contributed by atoms with Gasteiger partial charge in [0.15, 0.2) is 0 Å². The molecule has 0 saturated carbocycles. The van der Waals surface area contributed by atoms with Crippen molar-refractivity contribution in [2.45, 2.75) is 13.3 Å². The molecular formula is C13H13ClN2O5. The molecule has 0 radical (unpaired) electrons. The first kappa shape index (κ1) is 15.2. The number of carboxylic acid groups (broad SMARTS) is 1. The van der Waals surface area contributed by atoms with Crippen LogP contribution in [0.25, 0.3) is 0 Å². The van der Waals surface area contributed by atoms with Gasteiger partial charge in [0, 0.05) is 24.2 Å². The van der Waals surface area contributed by atoms with Crippen molar-refractivity contribution >= 4 is 29.2 Å². The highest BCUT2D eigenvalue weighted by molar-refractivity contribution is 6.31. The maximum absolute atomic E-state index is 12.4. The zero-order valence-electron chi connectivity index (χ0n) is 11.2. The minimum absolute atomic E-state index is 0.0287. The van der Waals surface area contributed by atoms with Crippen molar-refractivity contribution in [3.63, 3.8) is 0 Å². The minimum atomic E-state index is -1.02. The van der Waals surface area contributed by atoms with Crippen LogP contribution in [-0.2, 0) is 4.79 Å². The first-order valence-electron chi connectivity index (χ1n) is 6.21. The Labute approximate surface area is 125 Å². The predicted octanol–water partition coefficient (Wildman–Crippen LogP) is 2.19. The third-order valence-corrected chi connectivity index (χ3v) is 3.90. The molecule has 2 rings (SSSR count). The Hall–Kier alpha value is -2.15. The molecule has 0 spiro atoms. The lowest BCUT2D eigenvalue weighted by Crippen LogP contribution is -2.35. The number of carboxylic acids is 1. The van der Waals surface area contributed by atoms with Crippen LogP contribution in [0.1, 0.15) is 23.7 Å². The van der Waals surface area contributed by atoms with E-state index in [9.17, 15) is 19.7 Å². The highest BCUT2D eigenvalue weighted by Gasteiger charge is 2.43. The third kappa shape index (κ3) is 2.82. The van der Waals surface area contributed by atoms with E-state index in [1.54, 1.807) is 6.92 Å². The third-order valence-electron chi connectivity index (χ3n) is 3.66. The number of rotatable bonds is 3. The van der Waals surface area contributed by atoms with Crippen LogP contribution >= 0.6 is 11.6 Å². The summed E-state index contributed by atoms with van der Waals surface area (Å²) in [5.74, 6) is -1.54. The van der Waals surface area contributed by atoms with Crippen molar-refractivity contribution in [1.82, 2.24) is 4.90 Å². The summed E-state index contributed by atoms with van der Waals surface area (Å²) in [5, 5.41) is 20.3. The molecule has 0 aliphatic carbocycles. The van der Waals surface area contributed by atoms with E-state index in [1.165, 1.54) is 17.0 Å². The Kier molecular flexibility index (Phi) is 3.87. The monoisotopic (exact) mass is 312 g/mol. The number of hydrogen-bond donors (Lipinski definition) is 1. The van der Waals surface area contributed by atoms with E-state index in [0.29, 0.717) is 6.42 Å². The molecule has 1 aliphatic rings. The topological polar surface area (TPSA) is 101 Å². The van der Waals surface area contributed by atoms with Gasteiger partial charge in [-0.15, -0.1) is 0 Å². The average Bonchev–Trinajstić information content (AvgIpc) is 2.82. The van der Waals surface area contributed by atoms with Gasteiger partial charge in [0.25, 0.3) is 11.6 Å². The van der Waals surface area contributed by atoms with Crippen molar-refractivity contribution in [2.24, 2.45) is 5.41 Å². The zero-order chi connectivity index (χ0) is 15.8. The van der Waals surface area contributed by atoms with Gasteiger partial charge in [0.05, 0.1) is 10.3 Å². The maximum Gasteiger partial charge on any atom is 0.311 e. The molecule has 1 atom stereocenters. The Bertz CT molecular complexity index is 633. The summed E-state index contributed by atoms with van der Waals surface area (Å²) in [4.78, 5) is 35.2. The number of carbonyl (C=O) groups excluding carboxylic acids is 1. The van der Waals surface area contributed by atoms with Crippen LogP contribution in [-0.4, -0.2) is 39.9 Å². The van der Waals surface area contributed by atoms with Crippen molar-refractivity contribution in [1.29, 1.82) is 0 Å². The highest BCUT2D eigenvalue weighted by Crippen LogP contribution is 2.32. The van der Waals surface area contributed by atoms with E-state index < -0.39 is 22.2 Å². The number of nitrogens with zero attached hydrogens (tertiary/aromatic N) is 2. The lowest BCUT2D eigenvalue weighted by atomic mass is 9.90. The number of nitro groups is 1. The molecule has 1 fully saturated rings. The van der Waals surface area contributed by atoms with Crippen LogP contribution in [0.4, 0.5) is 5.69 Å². The summed E-state index contributed by atoms with van der Waals surface area (Å²) >= 11 is 5.71. The van der Waals surface area contributed by atoms with Crippen LogP contribution in [0.2, 0.25) is 5.02 Å². The summed E-state index contributed by atoms with van der Waals surface area (Å²) in [5.41, 5.74) is -1.48. The molecular weight excluding hydrogens is 300 g/mol. The van der Waals surface area contributed by atoms with Crippen molar-refractivity contribution in [3.8, 4) is 0 Å². The number of carbonyl (C=O) groups is 2. The second-order valence-electron chi connectivity index (χ2n) is 5.26. The van der Waals surface area contributed by atoms with Crippen molar-refractivity contribution in [3.05, 3.63) is 38.9 Å². The van der Waals surface area contributed by atoms with E-state index in [-0.39, 0.29) is 29.4 Å². The normalized spacial score (nSPS) is 21.3. The van der Waals surface area contributed by atoms with Crippen LogP contribution in [0.5, 0.6) is 0 Å². The van der Waals surface area contributed by atoms with Crippen LogP contribution < -0.4 is 0 Å². The predicted molar refractivity (Wildman–Crippen MR) is 74.4 cm³/mol. The summed E-state index contributed by atoms with van der Waals surface area (Å²) in [6.45, 7) is 1.83. The molecule has 1 heterocycles. The Morgan fingerprint density at radius 1 is 1.48 bits per heavy atom. The smallest absolute Gasteiger partial charge is 0.311 e. The van der Waals surface area contributed by atoms with Gasteiger partial charge >= 0.3 is 5.97 Å². The second-order valence-corrected chi connectivity index (χ2v) is 5.70. The summed E-state index contributed by atoms with van der Waals surface area (Å²) in [6.07, 6.45) is 0.315. The van der Waals surface area contributed by atoms with E-state index in [0.717, 1.165) is 6.07 Å². The summed E-state index contributed by atoms with van der Waals surface area (Å²) in [7, 11) is 0. The average molecular weight is 313 g/mol. The van der Waals surface area contributed by atoms with Gasteiger partial charge in [-0.25, -0.2) is 0 Å². The molecule has 1 amide bonds. The number of amides is 1. The summed E-state index contributed by atoms with van der Waals surface area (Å²) in [6, 6.07) is 3.80. The lowest BCUT2D eigenvalue weighted by Gasteiger charge is -2.20. The molecule has 1 N–H and O–H groups in total. The van der Waals surface area contributed by atoms with E-state index in [1.807, 2.05) is 0 Å². The number of benzene rings is 1. The van der Waals surface area contributed by atoms with Gasteiger partial charge in [-0.2, -0.15) is 0 Å². The first-order chi connectivity index (χ1) is 9.74. The molecule has 1 saturated heterocycles. The fraction of sp³-hybridized carbons (Fsp3) is 0.385. The molecule has 1 unspecified atom stereocenters. The van der Waals surface area contributed by atoms with Crippen molar-refractivity contribution < 1.29 is 19.6 Å². The minimum Gasteiger partial charge on any atom is -0.481 e. The van der Waals surface area contributed by atoms with Gasteiger partial charge in [-0.05, 0) is 25.5 Å². The molecule has 7 nitrogen and oxygen atoms in total. The number of halogens is 1. The van der Waals surface area contributed by atoms with Crippen LogP contribution in [0.15, 0.2) is 18.2 Å². The van der Waals surface area contributed by atoms with Gasteiger partial charge in [0.2, 0.25) is 0 Å². The van der Waals surface area contributed by atoms with E-state index in [2.05, 4.69) is 0 Å². The second kappa shape index (κ2) is 5.33. The van der Waals surface area contributed by atoms with Gasteiger partial charge in [-0.1, -0.05) is 11.6 Å². The highest BCUT2D eigenvalue weighted by atomic mass is 35.5. The number of likely N-dealkylation sites (tertiary alicyclic amines) is 1. The number of aliphatic carboxylic acids is 1. The molecule has 21 heavy (non-hydrogen) atoms. The summed E-state index contributed by atoms with van der Waals surface area (Å²) < 4.78 is 0. The molecule has 112 valence electrons. The number of nitro benzene ring substituents is 1. The Morgan fingerprint density at radius 2 is 2.14 bits per heavy atom. The standard InChI is InChI=1S/C13H13ClN2O5/c1-13(12(18)19)4-5-15(7-13)11(17)9-3-2-8(14)6-10(9)16(20)21/h2-3,6H,4-5,7H2,1H3,(H,18,19). The largest absolute Gasteiger partial charge is 0.481 e. The maximum atomic E-state index is 12.4. The van der Waals surface area contributed by atoms with Crippen LogP contribution in [0.3, 0.4) is 0 Å². The fourth-order valence-electron chi connectivity index (χ4n) is 2.32. The SMILES string of the molecule is CC1(C(=O)O)CCN(C(=O)c2ccc(Cl)cc2[N+](=O)[O-])C1. The van der Waals surface area contributed by atoms with Gasteiger partial charge in [-0.3, -0.25) is 19.7 Å². The molecule has 0 bridgehead atoms. The Balaban J connectivity index is 2.30. The molecule has 0 aromatic heterocycles. The van der Waals surface area contributed by atoms with Gasteiger partial charge < -0.3 is 10.0 Å². The van der Waals surface area contributed by atoms with E-state index in [4.69, 9.17) is 16.7 Å². The molecule has 8 heteroatoms. The van der Waals surface area contributed by atoms with Gasteiger partial charge in [0.1, 0.15) is 5.56 Å². The number of hydrogen-bond acceptors (Lipinski definition) is 4. The molecule has 1 aliphatic heterocycles. The quantitative estimate of drug-likeness (QED) is 0.681. The lowest BCUT2D eigenvalue weighted by molar-refractivity contribution is -0.385. The molecule has 1 aromatic rings. The first-order valence-corrected chi connectivity index (χ1v) is 6.59. The molecule has 1 aromatic carbocycles.